The number of benzene rings is 1. The van der Waals surface area contributed by atoms with Crippen LogP contribution in [0.25, 0.3) is 0 Å². The molecule has 0 fully saturated rings. The summed E-state index contributed by atoms with van der Waals surface area (Å²) in [4.78, 5) is 1.13. The van der Waals surface area contributed by atoms with Crippen molar-refractivity contribution in [2.45, 2.75) is 25.6 Å². The zero-order valence-corrected chi connectivity index (χ0v) is 9.83. The zero-order valence-electron chi connectivity index (χ0n) is 9.83. The number of anilines is 1. The molecule has 5 heteroatoms. The van der Waals surface area contributed by atoms with Gasteiger partial charge < -0.3 is 10.0 Å². The maximum Gasteiger partial charge on any atom is 0.405 e. The van der Waals surface area contributed by atoms with Gasteiger partial charge in [0.1, 0.15) is 6.54 Å². The first-order valence-electron chi connectivity index (χ1n) is 5.39. The fourth-order valence-electron chi connectivity index (χ4n) is 1.55. The van der Waals surface area contributed by atoms with Crippen LogP contribution in [0.1, 0.15) is 25.0 Å². The van der Waals surface area contributed by atoms with E-state index in [0.717, 1.165) is 10.5 Å². The maximum atomic E-state index is 12.2. The Labute approximate surface area is 98.7 Å². The lowest BCUT2D eigenvalue weighted by atomic mass is 10.1. The predicted octanol–water partition coefficient (Wildman–Crippen LogP) is 3.13. The van der Waals surface area contributed by atoms with Crippen LogP contribution in [0.4, 0.5) is 18.9 Å². The third-order valence-corrected chi connectivity index (χ3v) is 2.52. The average Bonchev–Trinajstić information content (AvgIpc) is 2.26. The molecule has 0 saturated heterocycles. The van der Waals surface area contributed by atoms with Crippen LogP contribution in [0.2, 0.25) is 0 Å². The molecule has 0 bridgehead atoms. The summed E-state index contributed by atoms with van der Waals surface area (Å²) in [5, 5.41) is 9.55. The van der Waals surface area contributed by atoms with Gasteiger partial charge in [-0.3, -0.25) is 0 Å². The van der Waals surface area contributed by atoms with Gasteiger partial charge in [-0.05, 0) is 24.1 Å². The van der Waals surface area contributed by atoms with Crippen molar-refractivity contribution in [3.05, 3.63) is 29.8 Å². The van der Waals surface area contributed by atoms with Gasteiger partial charge in [-0.15, -0.1) is 0 Å². The van der Waals surface area contributed by atoms with E-state index in [0.29, 0.717) is 12.1 Å². The highest BCUT2D eigenvalue weighted by molar-refractivity contribution is 5.47. The molecule has 1 atom stereocenters. The third-order valence-electron chi connectivity index (χ3n) is 2.52. The largest absolute Gasteiger partial charge is 0.405 e. The van der Waals surface area contributed by atoms with Crippen molar-refractivity contribution in [1.29, 1.82) is 0 Å². The number of nitrogens with zero attached hydrogens (tertiary/aromatic N) is 1. The summed E-state index contributed by atoms with van der Waals surface area (Å²) in [6, 6.07) is 6.46. The molecular weight excluding hydrogens is 231 g/mol. The summed E-state index contributed by atoms with van der Waals surface area (Å²) in [5.41, 5.74) is 1.20. The molecule has 0 amide bonds. The Morgan fingerprint density at radius 1 is 1.24 bits per heavy atom. The molecule has 0 radical (unpaired) electrons. The second-order valence-electron chi connectivity index (χ2n) is 3.99. The number of rotatable bonds is 4. The highest BCUT2D eigenvalue weighted by Crippen LogP contribution is 2.23. The highest BCUT2D eigenvalue weighted by atomic mass is 19.4. The van der Waals surface area contributed by atoms with E-state index in [1.807, 2.05) is 6.92 Å². The molecule has 1 aromatic carbocycles. The predicted molar refractivity (Wildman–Crippen MR) is 61.0 cm³/mol. The average molecular weight is 247 g/mol. The lowest BCUT2D eigenvalue weighted by molar-refractivity contribution is -0.119. The number of aliphatic hydroxyl groups excluding tert-OH is 1. The van der Waals surface area contributed by atoms with E-state index >= 15 is 0 Å². The van der Waals surface area contributed by atoms with Crippen LogP contribution in [-0.4, -0.2) is 24.9 Å². The zero-order chi connectivity index (χ0) is 13.1. The van der Waals surface area contributed by atoms with Crippen LogP contribution in [0, 0.1) is 0 Å². The molecule has 0 aliphatic heterocycles. The number of halogens is 3. The third kappa shape index (κ3) is 4.26. The Hall–Kier alpha value is -1.23. The Morgan fingerprint density at radius 2 is 1.76 bits per heavy atom. The van der Waals surface area contributed by atoms with Gasteiger partial charge in [-0.1, -0.05) is 19.1 Å². The van der Waals surface area contributed by atoms with Crippen LogP contribution in [0.3, 0.4) is 0 Å². The van der Waals surface area contributed by atoms with Crippen molar-refractivity contribution < 1.29 is 18.3 Å². The van der Waals surface area contributed by atoms with E-state index in [9.17, 15) is 18.3 Å². The molecule has 17 heavy (non-hydrogen) atoms. The van der Waals surface area contributed by atoms with Crippen LogP contribution < -0.4 is 4.90 Å². The van der Waals surface area contributed by atoms with Crippen molar-refractivity contribution in [2.24, 2.45) is 0 Å². The number of alkyl halides is 3. The molecule has 96 valence electrons. The van der Waals surface area contributed by atoms with Crippen molar-refractivity contribution in [1.82, 2.24) is 0 Å². The topological polar surface area (TPSA) is 23.5 Å². The number of hydrogen-bond donors (Lipinski definition) is 1. The monoisotopic (exact) mass is 247 g/mol. The Bertz CT molecular complexity index is 348. The second kappa shape index (κ2) is 5.40. The minimum atomic E-state index is -4.21. The fraction of sp³-hybridized carbons (Fsp3) is 0.500. The van der Waals surface area contributed by atoms with Gasteiger partial charge in [-0.2, -0.15) is 13.2 Å². The maximum absolute atomic E-state index is 12.2. The van der Waals surface area contributed by atoms with Gasteiger partial charge in [0, 0.05) is 12.7 Å². The summed E-state index contributed by atoms with van der Waals surface area (Å²) >= 11 is 0. The number of aliphatic hydroxyl groups is 1. The molecule has 1 unspecified atom stereocenters. The minimum Gasteiger partial charge on any atom is -0.388 e. The summed E-state index contributed by atoms with van der Waals surface area (Å²) in [5.74, 6) is 0. The molecule has 0 saturated carbocycles. The van der Waals surface area contributed by atoms with Gasteiger partial charge in [0.2, 0.25) is 0 Å². The Morgan fingerprint density at radius 3 is 2.18 bits per heavy atom. The summed E-state index contributed by atoms with van der Waals surface area (Å²) in [6.07, 6.45) is -4.19. The minimum absolute atomic E-state index is 0.481. The Kier molecular flexibility index (Phi) is 4.40. The van der Waals surface area contributed by atoms with Crippen LogP contribution in [0.15, 0.2) is 24.3 Å². The van der Waals surface area contributed by atoms with Gasteiger partial charge >= 0.3 is 6.18 Å². The van der Waals surface area contributed by atoms with Gasteiger partial charge in [0.25, 0.3) is 0 Å². The molecular formula is C12H16F3NO. The summed E-state index contributed by atoms with van der Waals surface area (Å²) in [7, 11) is 1.39. The quantitative estimate of drug-likeness (QED) is 0.883. The first kappa shape index (κ1) is 13.8. The molecule has 0 aliphatic carbocycles. The highest BCUT2D eigenvalue weighted by Gasteiger charge is 2.29. The van der Waals surface area contributed by atoms with Crippen molar-refractivity contribution in [3.8, 4) is 0 Å². The lowest BCUT2D eigenvalue weighted by Gasteiger charge is -2.21. The van der Waals surface area contributed by atoms with E-state index < -0.39 is 18.8 Å². The van der Waals surface area contributed by atoms with Crippen molar-refractivity contribution in [3.63, 3.8) is 0 Å². The fourth-order valence-corrected chi connectivity index (χ4v) is 1.55. The number of hydrogen-bond acceptors (Lipinski definition) is 2. The first-order valence-corrected chi connectivity index (χ1v) is 5.39. The van der Waals surface area contributed by atoms with Crippen LogP contribution in [-0.2, 0) is 0 Å². The molecule has 0 aliphatic rings. The van der Waals surface area contributed by atoms with E-state index in [4.69, 9.17) is 0 Å². The van der Waals surface area contributed by atoms with Gasteiger partial charge in [0.05, 0.1) is 6.10 Å². The van der Waals surface area contributed by atoms with Crippen LogP contribution >= 0.6 is 0 Å². The SMILES string of the molecule is CCC(O)c1ccc(N(C)CC(F)(F)F)cc1. The van der Waals surface area contributed by atoms with Crippen molar-refractivity contribution >= 4 is 5.69 Å². The summed E-state index contributed by atoms with van der Waals surface area (Å²) in [6.45, 7) is 0.858. The second-order valence-corrected chi connectivity index (χ2v) is 3.99. The van der Waals surface area contributed by atoms with E-state index in [1.165, 1.54) is 7.05 Å². The lowest BCUT2D eigenvalue weighted by Crippen LogP contribution is -2.30. The smallest absolute Gasteiger partial charge is 0.388 e. The molecule has 1 N–H and O–H groups in total. The molecule has 1 aromatic rings. The summed E-state index contributed by atoms with van der Waals surface area (Å²) < 4.78 is 36.5. The molecule has 2 nitrogen and oxygen atoms in total. The molecule has 1 rings (SSSR count). The molecule has 0 spiro atoms. The molecule has 0 aromatic heterocycles. The normalized spacial score (nSPS) is 13.5. The van der Waals surface area contributed by atoms with E-state index in [-0.39, 0.29) is 0 Å². The van der Waals surface area contributed by atoms with Gasteiger partial charge in [0.15, 0.2) is 0 Å². The first-order chi connectivity index (χ1) is 7.83. The van der Waals surface area contributed by atoms with Gasteiger partial charge in [-0.25, -0.2) is 0 Å². The standard InChI is InChI=1S/C12H16F3NO/c1-3-11(17)9-4-6-10(7-5-9)16(2)8-12(13,14)15/h4-7,11,17H,3,8H2,1-2H3. The van der Waals surface area contributed by atoms with E-state index in [2.05, 4.69) is 0 Å². The molecule has 0 heterocycles. The van der Waals surface area contributed by atoms with Crippen molar-refractivity contribution in [2.75, 3.05) is 18.5 Å². The van der Waals surface area contributed by atoms with E-state index in [1.54, 1.807) is 24.3 Å². The van der Waals surface area contributed by atoms with Crippen LogP contribution in [0.5, 0.6) is 0 Å². The Balaban J connectivity index is 2.74.